The second-order valence-electron chi connectivity index (χ2n) is 2.37. The maximum Gasteiger partial charge on any atom is 0.0931 e. The van der Waals surface area contributed by atoms with Gasteiger partial charge in [0.1, 0.15) is 0 Å². The molecule has 1 nitrogen and oxygen atoms in total. The van der Waals surface area contributed by atoms with Crippen molar-refractivity contribution >= 4 is 11.6 Å². The van der Waals surface area contributed by atoms with E-state index < -0.39 is 0 Å². The third-order valence-corrected chi connectivity index (χ3v) is 2.04. The van der Waals surface area contributed by atoms with Crippen LogP contribution >= 0.6 is 11.6 Å². The molecular formula is C6H10ClO. The van der Waals surface area contributed by atoms with Crippen LogP contribution in [0, 0.1) is 0 Å². The Morgan fingerprint density at radius 2 is 1.62 bits per heavy atom. The van der Waals surface area contributed by atoms with Gasteiger partial charge in [0.15, 0.2) is 0 Å². The third-order valence-electron chi connectivity index (χ3n) is 1.60. The summed E-state index contributed by atoms with van der Waals surface area (Å²) in [4.78, 5) is 0. The van der Waals surface area contributed by atoms with E-state index in [1.54, 1.807) is 0 Å². The number of alkyl halides is 1. The van der Waals surface area contributed by atoms with Gasteiger partial charge >= 0.3 is 0 Å². The van der Waals surface area contributed by atoms with Crippen LogP contribution in [-0.4, -0.2) is 11.5 Å². The molecule has 1 rings (SSSR count). The Balaban J connectivity index is 2.19. The van der Waals surface area contributed by atoms with Gasteiger partial charge in [-0.05, 0) is 25.7 Å². The Kier molecular flexibility index (Phi) is 2.15. The average Bonchev–Trinajstić information content (AvgIpc) is 1.77. The summed E-state index contributed by atoms with van der Waals surface area (Å²) in [6, 6.07) is 0. The van der Waals surface area contributed by atoms with Crippen molar-refractivity contribution in [1.82, 2.24) is 0 Å². The molecule has 0 saturated heterocycles. The molecule has 0 amide bonds. The van der Waals surface area contributed by atoms with Crippen LogP contribution in [0.15, 0.2) is 0 Å². The molecule has 1 saturated carbocycles. The summed E-state index contributed by atoms with van der Waals surface area (Å²) in [5.74, 6) is 0. The molecule has 0 atom stereocenters. The number of rotatable bonds is 0. The molecule has 0 aromatic heterocycles. The Hall–Kier alpha value is 0.250. The maximum atomic E-state index is 10.6. The van der Waals surface area contributed by atoms with Gasteiger partial charge in [0.25, 0.3) is 0 Å². The fraction of sp³-hybridized carbons (Fsp3) is 1.00. The largest absolute Gasteiger partial charge is 0.233 e. The predicted molar refractivity (Wildman–Crippen MR) is 32.6 cm³/mol. The topological polar surface area (TPSA) is 19.9 Å². The zero-order chi connectivity index (χ0) is 5.98. The van der Waals surface area contributed by atoms with Crippen LogP contribution in [0.2, 0.25) is 0 Å². The molecule has 0 N–H and O–H groups in total. The number of halogens is 1. The van der Waals surface area contributed by atoms with Gasteiger partial charge in [-0.2, -0.15) is 0 Å². The minimum Gasteiger partial charge on any atom is -0.233 e. The lowest BCUT2D eigenvalue weighted by atomic mass is 9.98. The van der Waals surface area contributed by atoms with Crippen molar-refractivity contribution in [2.45, 2.75) is 37.2 Å². The van der Waals surface area contributed by atoms with Gasteiger partial charge < -0.3 is 0 Å². The summed E-state index contributed by atoms with van der Waals surface area (Å²) in [5.41, 5.74) is 0. The first-order valence-corrected chi connectivity index (χ1v) is 3.52. The van der Waals surface area contributed by atoms with Crippen molar-refractivity contribution in [2.75, 3.05) is 0 Å². The van der Waals surface area contributed by atoms with Crippen molar-refractivity contribution in [3.63, 3.8) is 0 Å². The summed E-state index contributed by atoms with van der Waals surface area (Å²) < 4.78 is 0. The molecule has 1 radical (unpaired) electrons. The molecule has 1 fully saturated rings. The molecule has 0 spiro atoms. The average molecular weight is 134 g/mol. The van der Waals surface area contributed by atoms with Crippen molar-refractivity contribution < 1.29 is 5.11 Å². The van der Waals surface area contributed by atoms with Crippen LogP contribution in [0.3, 0.4) is 0 Å². The second-order valence-corrected chi connectivity index (χ2v) is 2.99. The highest BCUT2D eigenvalue weighted by Crippen LogP contribution is 2.22. The molecule has 0 aromatic rings. The van der Waals surface area contributed by atoms with Crippen LogP contribution in [-0.2, 0) is 5.11 Å². The van der Waals surface area contributed by atoms with Gasteiger partial charge in [-0.3, -0.25) is 0 Å². The Bertz CT molecular complexity index is 56.9. The quantitative estimate of drug-likeness (QED) is 0.451. The SMILES string of the molecule is [O]C1CCC(Cl)CC1. The van der Waals surface area contributed by atoms with Crippen molar-refractivity contribution in [1.29, 1.82) is 0 Å². The highest BCUT2D eigenvalue weighted by Gasteiger charge is 2.17. The molecule has 0 unspecified atom stereocenters. The maximum absolute atomic E-state index is 10.6. The van der Waals surface area contributed by atoms with E-state index in [2.05, 4.69) is 0 Å². The van der Waals surface area contributed by atoms with E-state index in [1.165, 1.54) is 0 Å². The molecule has 1 aliphatic carbocycles. The summed E-state index contributed by atoms with van der Waals surface area (Å²) >= 11 is 5.74. The minimum absolute atomic E-state index is 0.292. The third kappa shape index (κ3) is 1.64. The second kappa shape index (κ2) is 2.70. The van der Waals surface area contributed by atoms with Crippen LogP contribution in [0.4, 0.5) is 0 Å². The summed E-state index contributed by atoms with van der Waals surface area (Å²) in [5, 5.41) is 10.9. The molecule has 2 heteroatoms. The lowest BCUT2D eigenvalue weighted by molar-refractivity contribution is 0.0573. The predicted octanol–water partition coefficient (Wildman–Crippen LogP) is 1.97. The standard InChI is InChI=1S/C6H10ClO/c7-5-1-3-6(8)4-2-5/h5-6H,1-4H2. The monoisotopic (exact) mass is 133 g/mol. The fourth-order valence-corrected chi connectivity index (χ4v) is 1.27. The van der Waals surface area contributed by atoms with Gasteiger partial charge in [0.2, 0.25) is 0 Å². The van der Waals surface area contributed by atoms with Gasteiger partial charge in [-0.25, -0.2) is 5.11 Å². The first-order valence-electron chi connectivity index (χ1n) is 3.09. The van der Waals surface area contributed by atoms with Crippen LogP contribution in [0.1, 0.15) is 25.7 Å². The van der Waals surface area contributed by atoms with Gasteiger partial charge in [0.05, 0.1) is 6.10 Å². The zero-order valence-corrected chi connectivity index (χ0v) is 5.53. The molecule has 0 aromatic carbocycles. The first-order chi connectivity index (χ1) is 3.79. The fourth-order valence-electron chi connectivity index (χ4n) is 1.02. The Morgan fingerprint density at radius 3 is 2.00 bits per heavy atom. The molecule has 47 valence electrons. The van der Waals surface area contributed by atoms with Crippen molar-refractivity contribution in [3.05, 3.63) is 0 Å². The molecule has 1 aliphatic rings. The Labute approximate surface area is 54.7 Å². The van der Waals surface area contributed by atoms with Gasteiger partial charge in [-0.15, -0.1) is 11.6 Å². The zero-order valence-electron chi connectivity index (χ0n) is 4.77. The summed E-state index contributed by atoms with van der Waals surface area (Å²) in [6.45, 7) is 0. The van der Waals surface area contributed by atoms with E-state index >= 15 is 0 Å². The van der Waals surface area contributed by atoms with Gasteiger partial charge in [0, 0.05) is 5.38 Å². The molecule has 0 aliphatic heterocycles. The van der Waals surface area contributed by atoms with Crippen LogP contribution in [0.25, 0.3) is 0 Å². The molecule has 0 heterocycles. The van der Waals surface area contributed by atoms with Crippen LogP contribution < -0.4 is 0 Å². The smallest absolute Gasteiger partial charge is 0.0931 e. The van der Waals surface area contributed by atoms with E-state index in [0.29, 0.717) is 5.38 Å². The minimum atomic E-state index is -0.315. The summed E-state index contributed by atoms with van der Waals surface area (Å²) in [7, 11) is 0. The molecule has 0 bridgehead atoms. The van der Waals surface area contributed by atoms with E-state index in [1.807, 2.05) is 0 Å². The van der Waals surface area contributed by atoms with Gasteiger partial charge in [-0.1, -0.05) is 0 Å². The normalized spacial score (nSPS) is 39.8. The molecular weight excluding hydrogens is 124 g/mol. The highest BCUT2D eigenvalue weighted by atomic mass is 35.5. The van der Waals surface area contributed by atoms with E-state index in [4.69, 9.17) is 11.6 Å². The lowest BCUT2D eigenvalue weighted by Gasteiger charge is -2.18. The Morgan fingerprint density at radius 1 is 1.12 bits per heavy atom. The number of hydrogen-bond donors (Lipinski definition) is 0. The van der Waals surface area contributed by atoms with E-state index in [0.717, 1.165) is 25.7 Å². The summed E-state index contributed by atoms with van der Waals surface area (Å²) in [6.07, 6.45) is 3.11. The molecule has 8 heavy (non-hydrogen) atoms. The van der Waals surface area contributed by atoms with E-state index in [-0.39, 0.29) is 6.10 Å². The van der Waals surface area contributed by atoms with Crippen molar-refractivity contribution in [3.8, 4) is 0 Å². The van der Waals surface area contributed by atoms with E-state index in [9.17, 15) is 5.11 Å². The number of hydrogen-bond acceptors (Lipinski definition) is 0. The lowest BCUT2D eigenvalue weighted by Crippen LogP contribution is -2.16. The van der Waals surface area contributed by atoms with Crippen LogP contribution in [0.5, 0.6) is 0 Å². The first kappa shape index (κ1) is 6.37. The van der Waals surface area contributed by atoms with Crippen molar-refractivity contribution in [2.24, 2.45) is 0 Å². The highest BCUT2D eigenvalue weighted by molar-refractivity contribution is 6.20.